The van der Waals surface area contributed by atoms with Gasteiger partial charge >= 0.3 is 5.97 Å². The van der Waals surface area contributed by atoms with Crippen LogP contribution in [0.3, 0.4) is 0 Å². The van der Waals surface area contributed by atoms with Crippen LogP contribution in [-0.2, 0) is 32.0 Å². The van der Waals surface area contributed by atoms with Crippen LogP contribution in [0.1, 0.15) is 69.4 Å². The van der Waals surface area contributed by atoms with Gasteiger partial charge in [-0.3, -0.25) is 19.2 Å². The fourth-order valence-corrected chi connectivity index (χ4v) is 4.45. The minimum Gasteiger partial charge on any atom is -0.504 e. The molecule has 0 aromatic heterocycles. The van der Waals surface area contributed by atoms with Crippen LogP contribution in [0, 0.1) is 0 Å². The second-order valence-electron chi connectivity index (χ2n) is 11.5. The number of hydrogen-bond donors (Lipinski definition) is 9. The number of nitrogens with zero attached hydrogens (tertiary/aromatic N) is 1. The van der Waals surface area contributed by atoms with Gasteiger partial charge in [-0.15, -0.1) is 0 Å². The largest absolute Gasteiger partial charge is 0.504 e. The third-order valence-electron chi connectivity index (χ3n) is 7.41. The van der Waals surface area contributed by atoms with Gasteiger partial charge in [0.05, 0.1) is 6.04 Å². The molecule has 0 saturated carbocycles. The number of ketones is 1. The van der Waals surface area contributed by atoms with Crippen molar-refractivity contribution in [3.8, 4) is 23.0 Å². The van der Waals surface area contributed by atoms with Crippen molar-refractivity contribution >= 4 is 23.6 Å². The predicted octanol–water partition coefficient (Wildman–Crippen LogP) is 1.90. The SMILES string of the molecule is CC(=O)[C@@H](N)CCC(=O)O.NCCCN(CCCCNCCCNC(=O)CCc1ccc(O)c(O)c1)C(=O)CCc1ccc(O)c(O)c1. The van der Waals surface area contributed by atoms with Crippen LogP contribution in [0.15, 0.2) is 36.4 Å². The van der Waals surface area contributed by atoms with E-state index in [-0.39, 0.29) is 53.4 Å². The zero-order valence-electron chi connectivity index (χ0n) is 27.8. The Morgan fingerprint density at radius 1 is 0.750 bits per heavy atom. The predicted molar refractivity (Wildman–Crippen MR) is 182 cm³/mol. The summed E-state index contributed by atoms with van der Waals surface area (Å²) in [7, 11) is 0. The molecule has 0 bridgehead atoms. The first-order valence-corrected chi connectivity index (χ1v) is 16.3. The van der Waals surface area contributed by atoms with Crippen LogP contribution >= 0.6 is 0 Å². The molecule has 0 unspecified atom stereocenters. The molecule has 0 fully saturated rings. The van der Waals surface area contributed by atoms with E-state index in [9.17, 15) is 39.6 Å². The van der Waals surface area contributed by atoms with Crippen molar-refractivity contribution in [2.24, 2.45) is 11.5 Å². The number of carbonyl (C=O) groups is 4. The van der Waals surface area contributed by atoms with Crippen LogP contribution in [0.5, 0.6) is 23.0 Å². The molecule has 0 radical (unpaired) electrons. The number of hydrogen-bond acceptors (Lipinski definition) is 11. The lowest BCUT2D eigenvalue weighted by Crippen LogP contribution is -2.34. The molecule has 1 atom stereocenters. The molecule has 0 aliphatic rings. The zero-order valence-corrected chi connectivity index (χ0v) is 27.8. The Labute approximate surface area is 282 Å². The smallest absolute Gasteiger partial charge is 0.303 e. The monoisotopic (exact) mass is 675 g/mol. The van der Waals surface area contributed by atoms with Crippen LogP contribution in [0.4, 0.5) is 0 Å². The number of unbranched alkanes of at least 4 members (excludes halogenated alkanes) is 1. The normalized spacial score (nSPS) is 11.2. The van der Waals surface area contributed by atoms with Crippen molar-refractivity contribution in [1.82, 2.24) is 15.5 Å². The number of amides is 2. The molecule has 268 valence electrons. The third-order valence-corrected chi connectivity index (χ3v) is 7.41. The van der Waals surface area contributed by atoms with Crippen molar-refractivity contribution in [2.75, 3.05) is 39.3 Å². The summed E-state index contributed by atoms with van der Waals surface area (Å²) in [4.78, 5) is 47.0. The van der Waals surface area contributed by atoms with Crippen LogP contribution in [0.25, 0.3) is 0 Å². The van der Waals surface area contributed by atoms with E-state index in [2.05, 4.69) is 10.6 Å². The van der Waals surface area contributed by atoms with E-state index >= 15 is 0 Å². The molecule has 2 amide bonds. The number of nitrogens with two attached hydrogens (primary N) is 2. The third kappa shape index (κ3) is 18.7. The van der Waals surface area contributed by atoms with Gasteiger partial charge in [0.1, 0.15) is 5.78 Å². The molecule has 0 heterocycles. The fraction of sp³-hybridized carbons (Fsp3) is 0.529. The van der Waals surface area contributed by atoms with Crippen molar-refractivity contribution in [2.45, 2.75) is 77.2 Å². The van der Waals surface area contributed by atoms with E-state index in [0.717, 1.165) is 49.9 Å². The minimum absolute atomic E-state index is 0.0409. The lowest BCUT2D eigenvalue weighted by Gasteiger charge is -2.23. The van der Waals surface area contributed by atoms with Crippen LogP contribution < -0.4 is 22.1 Å². The Morgan fingerprint density at radius 2 is 1.31 bits per heavy atom. The lowest BCUT2D eigenvalue weighted by molar-refractivity contribution is -0.137. The summed E-state index contributed by atoms with van der Waals surface area (Å²) in [5.41, 5.74) is 12.5. The van der Waals surface area contributed by atoms with Gasteiger partial charge < -0.3 is 52.5 Å². The number of aliphatic carboxylic acids is 1. The van der Waals surface area contributed by atoms with Gasteiger partial charge in [-0.2, -0.15) is 0 Å². The first-order valence-electron chi connectivity index (χ1n) is 16.3. The highest BCUT2D eigenvalue weighted by molar-refractivity contribution is 5.81. The van der Waals surface area contributed by atoms with E-state index in [4.69, 9.17) is 16.6 Å². The van der Waals surface area contributed by atoms with Crippen LogP contribution in [-0.4, -0.2) is 99.3 Å². The molecule has 2 aromatic carbocycles. The number of aryl methyl sites for hydroxylation is 2. The Morgan fingerprint density at radius 3 is 1.85 bits per heavy atom. The highest BCUT2D eigenvalue weighted by atomic mass is 16.4. The summed E-state index contributed by atoms with van der Waals surface area (Å²) in [5, 5.41) is 52.3. The highest BCUT2D eigenvalue weighted by Gasteiger charge is 2.14. The van der Waals surface area contributed by atoms with E-state index < -0.39 is 12.0 Å². The quantitative estimate of drug-likeness (QED) is 0.0641. The van der Waals surface area contributed by atoms with Gasteiger partial charge in [0.2, 0.25) is 11.8 Å². The fourth-order valence-electron chi connectivity index (χ4n) is 4.45. The second-order valence-corrected chi connectivity index (χ2v) is 11.5. The average Bonchev–Trinajstić information content (AvgIpc) is 3.05. The maximum atomic E-state index is 12.7. The van der Waals surface area contributed by atoms with Gasteiger partial charge in [0.25, 0.3) is 0 Å². The summed E-state index contributed by atoms with van der Waals surface area (Å²) in [6, 6.07) is 8.55. The molecule has 11 N–H and O–H groups in total. The Balaban J connectivity index is 0.000000993. The molecule has 14 heteroatoms. The number of aromatic hydroxyl groups is 4. The van der Waals surface area contributed by atoms with Gasteiger partial charge in [-0.05, 0) is 107 Å². The molecular weight excluding hydrogens is 622 g/mol. The number of phenols is 4. The van der Waals surface area contributed by atoms with E-state index in [1.807, 2.05) is 4.90 Å². The number of carboxylic acids is 1. The number of carbonyl (C=O) groups excluding carboxylic acids is 3. The maximum absolute atomic E-state index is 12.7. The zero-order chi connectivity index (χ0) is 35.9. The molecule has 48 heavy (non-hydrogen) atoms. The Bertz CT molecular complexity index is 1290. The molecular formula is C34H53N5O9. The molecule has 0 aliphatic carbocycles. The number of carboxylic acid groups (broad SMARTS) is 1. The molecule has 14 nitrogen and oxygen atoms in total. The summed E-state index contributed by atoms with van der Waals surface area (Å²) >= 11 is 0. The minimum atomic E-state index is -0.920. The molecule has 2 rings (SSSR count). The van der Waals surface area contributed by atoms with Gasteiger partial charge in [0.15, 0.2) is 23.0 Å². The number of benzene rings is 2. The van der Waals surface area contributed by atoms with E-state index in [1.54, 1.807) is 12.1 Å². The van der Waals surface area contributed by atoms with Crippen molar-refractivity contribution in [3.63, 3.8) is 0 Å². The first kappa shape index (κ1) is 41.6. The van der Waals surface area contributed by atoms with Crippen LogP contribution in [0.2, 0.25) is 0 Å². The number of Topliss-reactive ketones (excluding diaryl/α,β-unsaturated/α-hetero) is 1. The summed E-state index contributed by atoms with van der Waals surface area (Å²) in [6.07, 6.45) is 5.15. The van der Waals surface area contributed by atoms with E-state index in [1.165, 1.54) is 31.2 Å². The standard InChI is InChI=1S/C28H42N4O6.C6H11NO3/c29-13-3-18-32(28(38)12-8-22-6-10-24(34)26(36)20-22)17-2-1-14-30-15-4-16-31-27(37)11-7-21-5-9-23(33)25(35)19-21;1-4(8)5(7)2-3-6(9)10/h5-6,9-10,19-20,30,33-36H,1-4,7-8,11-18,29H2,(H,31,37);5H,2-3,7H2,1H3,(H,9,10)/t;5-/m.0/s1. The lowest BCUT2D eigenvalue weighted by atomic mass is 10.1. The number of rotatable bonds is 22. The topological polar surface area (TPSA) is 249 Å². The average molecular weight is 676 g/mol. The Kier molecular flexibility index (Phi) is 20.7. The molecule has 2 aromatic rings. The van der Waals surface area contributed by atoms with Crippen molar-refractivity contribution in [3.05, 3.63) is 47.5 Å². The number of phenolic OH excluding ortho intramolecular Hbond substituents is 4. The van der Waals surface area contributed by atoms with E-state index in [0.29, 0.717) is 51.9 Å². The van der Waals surface area contributed by atoms with Gasteiger partial charge in [-0.25, -0.2) is 0 Å². The summed E-state index contributed by atoms with van der Waals surface area (Å²) in [5.74, 6) is -1.80. The first-order chi connectivity index (χ1) is 22.8. The molecule has 0 saturated heterocycles. The highest BCUT2D eigenvalue weighted by Crippen LogP contribution is 2.26. The Hall–Kier alpha value is -4.40. The van der Waals surface area contributed by atoms with Crippen molar-refractivity contribution < 1.29 is 44.7 Å². The second kappa shape index (κ2) is 23.8. The molecule has 0 aliphatic heterocycles. The van der Waals surface area contributed by atoms with Crippen molar-refractivity contribution in [1.29, 1.82) is 0 Å². The summed E-state index contributed by atoms with van der Waals surface area (Å²) < 4.78 is 0. The maximum Gasteiger partial charge on any atom is 0.303 e. The summed E-state index contributed by atoms with van der Waals surface area (Å²) in [6.45, 7) is 5.34. The molecule has 0 spiro atoms. The van der Waals surface area contributed by atoms with Gasteiger partial charge in [0, 0.05) is 38.9 Å². The van der Waals surface area contributed by atoms with Gasteiger partial charge in [-0.1, -0.05) is 12.1 Å². The number of nitrogens with one attached hydrogen (secondary N) is 2.